The molecule has 32 heavy (non-hydrogen) atoms. The maximum Gasteiger partial charge on any atom is 0.201 e. The highest BCUT2D eigenvalue weighted by atomic mass is 19.2. The van der Waals surface area contributed by atoms with Crippen molar-refractivity contribution in [2.45, 2.75) is 51.4 Å². The summed E-state index contributed by atoms with van der Waals surface area (Å²) in [4.78, 5) is 0. The van der Waals surface area contributed by atoms with Crippen molar-refractivity contribution in [3.63, 3.8) is 0 Å². The van der Waals surface area contributed by atoms with E-state index < -0.39 is 23.2 Å². The highest BCUT2D eigenvalue weighted by Crippen LogP contribution is 2.42. The topological polar surface area (TPSA) is 29.5 Å². The summed E-state index contributed by atoms with van der Waals surface area (Å²) >= 11 is 0. The van der Waals surface area contributed by atoms with Gasteiger partial charge in [0.05, 0.1) is 6.61 Å². The number of hydrogen-bond acceptors (Lipinski definition) is 2. The van der Waals surface area contributed by atoms with Crippen molar-refractivity contribution < 1.29 is 23.0 Å². The highest BCUT2D eigenvalue weighted by Gasteiger charge is 2.30. The first-order valence-electron chi connectivity index (χ1n) is 11.7. The summed E-state index contributed by atoms with van der Waals surface area (Å²) in [6, 6.07) is 6.22. The molecule has 0 atom stereocenters. The van der Waals surface area contributed by atoms with Crippen LogP contribution >= 0.6 is 0 Å². The number of phenols is 1. The van der Waals surface area contributed by atoms with Gasteiger partial charge in [0.25, 0.3) is 0 Å². The van der Waals surface area contributed by atoms with Crippen LogP contribution in [-0.4, -0.2) is 11.7 Å². The molecule has 4 rings (SSSR count). The van der Waals surface area contributed by atoms with Crippen LogP contribution in [0.15, 0.2) is 43.0 Å². The predicted molar refractivity (Wildman–Crippen MR) is 120 cm³/mol. The van der Waals surface area contributed by atoms with E-state index in [0.29, 0.717) is 18.4 Å². The van der Waals surface area contributed by atoms with Crippen molar-refractivity contribution in [1.82, 2.24) is 0 Å². The molecule has 2 aliphatic rings. The molecule has 0 aliphatic heterocycles. The lowest BCUT2D eigenvalue weighted by Crippen LogP contribution is -2.27. The summed E-state index contributed by atoms with van der Waals surface area (Å²) in [6.07, 6.45) is 11.7. The number of phenolic OH excluding ortho intramolecular Hbond substituents is 1. The van der Waals surface area contributed by atoms with E-state index in [1.807, 2.05) is 0 Å². The monoisotopic (exact) mass is 444 g/mol. The largest absolute Gasteiger partial charge is 0.505 e. The van der Waals surface area contributed by atoms with Crippen LogP contribution in [0.2, 0.25) is 0 Å². The second-order valence-corrected chi connectivity index (χ2v) is 9.41. The third-order valence-electron chi connectivity index (χ3n) is 7.49. The van der Waals surface area contributed by atoms with Crippen LogP contribution < -0.4 is 4.74 Å². The smallest absolute Gasteiger partial charge is 0.201 e. The molecule has 0 heterocycles. The van der Waals surface area contributed by atoms with Crippen molar-refractivity contribution in [2.24, 2.45) is 23.7 Å². The van der Waals surface area contributed by atoms with Crippen LogP contribution in [0.3, 0.4) is 0 Å². The normalized spacial score (nSPS) is 26.0. The molecule has 1 N–H and O–H groups in total. The van der Waals surface area contributed by atoms with Crippen molar-refractivity contribution in [3.8, 4) is 22.6 Å². The van der Waals surface area contributed by atoms with Gasteiger partial charge in [-0.15, -0.1) is 6.58 Å². The van der Waals surface area contributed by atoms with E-state index in [4.69, 9.17) is 4.74 Å². The number of allylic oxidation sites excluding steroid dienone is 1. The van der Waals surface area contributed by atoms with E-state index in [1.54, 1.807) is 0 Å². The summed E-state index contributed by atoms with van der Waals surface area (Å²) in [5.74, 6) is -1.05. The summed E-state index contributed by atoms with van der Waals surface area (Å²) in [5, 5.41) is 9.30. The molecular weight excluding hydrogens is 413 g/mol. The molecule has 0 radical (unpaired) electrons. The van der Waals surface area contributed by atoms with Gasteiger partial charge in [-0.25, -0.2) is 8.78 Å². The molecule has 2 fully saturated rings. The molecular formula is C27H31F3O2. The van der Waals surface area contributed by atoms with Gasteiger partial charge in [-0.05, 0) is 105 Å². The minimum atomic E-state index is -1.08. The van der Waals surface area contributed by atoms with Gasteiger partial charge in [0.1, 0.15) is 0 Å². The average molecular weight is 445 g/mol. The lowest BCUT2D eigenvalue weighted by atomic mass is 9.69. The molecule has 2 aromatic carbocycles. The molecule has 2 aromatic rings. The fourth-order valence-electron chi connectivity index (χ4n) is 5.43. The van der Waals surface area contributed by atoms with E-state index in [2.05, 4.69) is 12.7 Å². The Morgan fingerprint density at radius 1 is 0.875 bits per heavy atom. The summed E-state index contributed by atoms with van der Waals surface area (Å²) < 4.78 is 48.5. The molecule has 0 saturated heterocycles. The lowest BCUT2D eigenvalue weighted by Gasteiger charge is -2.37. The van der Waals surface area contributed by atoms with Gasteiger partial charge in [0, 0.05) is 5.56 Å². The van der Waals surface area contributed by atoms with Crippen molar-refractivity contribution in [3.05, 3.63) is 60.4 Å². The van der Waals surface area contributed by atoms with Gasteiger partial charge in [-0.2, -0.15) is 4.39 Å². The third kappa shape index (κ3) is 4.97. The Hall–Kier alpha value is -2.43. The number of halogens is 3. The average Bonchev–Trinajstić information content (AvgIpc) is 2.82. The minimum Gasteiger partial charge on any atom is -0.505 e. The Balaban J connectivity index is 1.31. The van der Waals surface area contributed by atoms with Gasteiger partial charge < -0.3 is 9.84 Å². The summed E-state index contributed by atoms with van der Waals surface area (Å²) in [6.45, 7) is 4.30. The number of hydrogen-bond donors (Lipinski definition) is 1. The molecule has 2 aliphatic carbocycles. The van der Waals surface area contributed by atoms with Crippen LogP contribution in [0.1, 0.15) is 51.4 Å². The van der Waals surface area contributed by atoms with E-state index in [1.165, 1.54) is 56.7 Å². The zero-order chi connectivity index (χ0) is 22.7. The molecule has 0 aromatic heterocycles. The van der Waals surface area contributed by atoms with Crippen LogP contribution in [0, 0.1) is 41.1 Å². The molecule has 0 spiro atoms. The number of rotatable bonds is 6. The van der Waals surface area contributed by atoms with Gasteiger partial charge in [0.2, 0.25) is 5.82 Å². The Morgan fingerprint density at radius 2 is 1.53 bits per heavy atom. The lowest BCUT2D eigenvalue weighted by molar-refractivity contribution is 0.127. The Labute approximate surface area is 188 Å². The zero-order valence-corrected chi connectivity index (χ0v) is 18.3. The van der Waals surface area contributed by atoms with Gasteiger partial charge in [-0.3, -0.25) is 0 Å². The molecule has 5 heteroatoms. The number of aromatic hydroxyl groups is 1. The quantitative estimate of drug-likeness (QED) is 0.464. The third-order valence-corrected chi connectivity index (χ3v) is 7.49. The second kappa shape index (κ2) is 10.0. The van der Waals surface area contributed by atoms with Gasteiger partial charge in [-0.1, -0.05) is 12.1 Å². The number of benzene rings is 2. The first-order valence-corrected chi connectivity index (χ1v) is 11.7. The molecule has 2 nitrogen and oxygen atoms in total. The summed E-state index contributed by atoms with van der Waals surface area (Å²) in [7, 11) is 0. The number of ether oxygens (including phenoxy) is 1. The van der Waals surface area contributed by atoms with E-state index >= 15 is 0 Å². The molecule has 2 saturated carbocycles. The van der Waals surface area contributed by atoms with Gasteiger partial charge in [0.15, 0.2) is 23.1 Å². The predicted octanol–water partition coefficient (Wildman–Crippen LogP) is 7.65. The molecule has 0 amide bonds. The fourth-order valence-corrected chi connectivity index (χ4v) is 5.43. The standard InChI is InChI=1S/C27H31F3O2/c1-2-17-3-7-19(8-4-17)20-9-5-18(6-10-20)16-32-25-14-12-22(26(29)27(25)30)21-11-13-24(31)23(28)15-21/h2,11-15,17-20,31H,1,3-10,16H2. The van der Waals surface area contributed by atoms with Crippen molar-refractivity contribution in [2.75, 3.05) is 6.61 Å². The van der Waals surface area contributed by atoms with Crippen LogP contribution in [-0.2, 0) is 0 Å². The molecule has 0 unspecified atom stereocenters. The van der Waals surface area contributed by atoms with Crippen LogP contribution in [0.5, 0.6) is 11.5 Å². The zero-order valence-electron chi connectivity index (χ0n) is 18.3. The van der Waals surface area contributed by atoms with Gasteiger partial charge >= 0.3 is 0 Å². The first-order chi connectivity index (χ1) is 15.5. The van der Waals surface area contributed by atoms with Crippen molar-refractivity contribution >= 4 is 0 Å². The Bertz CT molecular complexity index is 942. The van der Waals surface area contributed by atoms with Crippen LogP contribution in [0.25, 0.3) is 11.1 Å². The Morgan fingerprint density at radius 3 is 2.16 bits per heavy atom. The molecule has 172 valence electrons. The fraction of sp³-hybridized carbons (Fsp3) is 0.481. The van der Waals surface area contributed by atoms with Crippen LogP contribution in [0.4, 0.5) is 13.2 Å². The second-order valence-electron chi connectivity index (χ2n) is 9.41. The maximum atomic E-state index is 14.6. The van der Waals surface area contributed by atoms with E-state index in [0.717, 1.165) is 36.8 Å². The van der Waals surface area contributed by atoms with Crippen molar-refractivity contribution in [1.29, 1.82) is 0 Å². The van der Waals surface area contributed by atoms with E-state index in [-0.39, 0.29) is 16.9 Å². The highest BCUT2D eigenvalue weighted by molar-refractivity contribution is 5.66. The molecule has 0 bridgehead atoms. The first kappa shape index (κ1) is 22.8. The maximum absolute atomic E-state index is 14.6. The SMILES string of the molecule is C=CC1CCC(C2CCC(COc3ccc(-c4ccc(O)c(F)c4)c(F)c3F)CC2)CC1. The minimum absolute atomic E-state index is 0.0690. The Kier molecular flexibility index (Phi) is 7.12. The summed E-state index contributed by atoms with van der Waals surface area (Å²) in [5.41, 5.74) is 0.0872. The van der Waals surface area contributed by atoms with E-state index in [9.17, 15) is 18.3 Å².